The Morgan fingerprint density at radius 3 is 2.86 bits per heavy atom. The van der Waals surface area contributed by atoms with Crippen molar-refractivity contribution >= 4 is 5.91 Å². The molecule has 1 aliphatic carbocycles. The lowest BCUT2D eigenvalue weighted by Crippen LogP contribution is -2.36. The number of hydrogen-bond donors (Lipinski definition) is 2. The van der Waals surface area contributed by atoms with Crippen molar-refractivity contribution in [2.45, 2.75) is 25.8 Å². The first-order valence-electron chi connectivity index (χ1n) is 7.47. The Bertz CT molecular complexity index is 541. The number of carbonyl (C=O) groups is 1. The quantitative estimate of drug-likeness (QED) is 0.774. The fraction of sp³-hybridized carbons (Fsp3) is 0.471. The van der Waals surface area contributed by atoms with E-state index in [1.807, 2.05) is 12.1 Å². The number of hydrogen-bond acceptors (Lipinski definition) is 3. The minimum Gasteiger partial charge on any atom is -0.384 e. The minimum atomic E-state index is -0.206. The topological polar surface area (TPSA) is 52.6 Å². The molecule has 0 bridgehead atoms. The molecule has 0 atom stereocenters. The largest absolute Gasteiger partial charge is 0.384 e. The Kier molecular flexibility index (Phi) is 5.79. The summed E-state index contributed by atoms with van der Waals surface area (Å²) in [4.78, 5) is 14.6. The highest BCUT2D eigenvalue weighted by Gasteiger charge is 2.27. The van der Waals surface area contributed by atoms with Gasteiger partial charge in [0.2, 0.25) is 0 Å². The third kappa shape index (κ3) is 4.59. The van der Waals surface area contributed by atoms with E-state index in [1.165, 1.54) is 12.8 Å². The molecule has 1 aromatic carbocycles. The van der Waals surface area contributed by atoms with E-state index in [0.717, 1.165) is 19.1 Å². The second kappa shape index (κ2) is 7.82. The van der Waals surface area contributed by atoms with Crippen LogP contribution in [-0.2, 0) is 0 Å². The van der Waals surface area contributed by atoms with Crippen molar-refractivity contribution in [1.29, 1.82) is 0 Å². The van der Waals surface area contributed by atoms with Gasteiger partial charge in [-0.15, -0.1) is 0 Å². The molecule has 112 valence electrons. The summed E-state index contributed by atoms with van der Waals surface area (Å²) in [5.41, 5.74) is 1.21. The Hall–Kier alpha value is -1.83. The van der Waals surface area contributed by atoms with E-state index in [0.29, 0.717) is 17.7 Å². The SMILES string of the molecule is CCN(CCNC(=O)c1ccccc1C#CCO)C1CC1. The van der Waals surface area contributed by atoms with Gasteiger partial charge in [0.1, 0.15) is 6.61 Å². The van der Waals surface area contributed by atoms with Crippen molar-refractivity contribution in [1.82, 2.24) is 10.2 Å². The van der Waals surface area contributed by atoms with Crippen LogP contribution in [0.15, 0.2) is 24.3 Å². The summed E-state index contributed by atoms with van der Waals surface area (Å²) in [7, 11) is 0. The van der Waals surface area contributed by atoms with E-state index in [9.17, 15) is 4.79 Å². The number of carbonyl (C=O) groups excluding carboxylic acids is 1. The molecule has 0 aliphatic heterocycles. The number of amides is 1. The van der Waals surface area contributed by atoms with Gasteiger partial charge in [-0.05, 0) is 31.5 Å². The van der Waals surface area contributed by atoms with Crippen molar-refractivity contribution in [2.24, 2.45) is 0 Å². The van der Waals surface area contributed by atoms with E-state index >= 15 is 0 Å². The average Bonchev–Trinajstić information content (AvgIpc) is 3.34. The molecule has 0 unspecified atom stereocenters. The van der Waals surface area contributed by atoms with Crippen molar-refractivity contribution in [2.75, 3.05) is 26.2 Å². The van der Waals surface area contributed by atoms with Gasteiger partial charge >= 0.3 is 0 Å². The smallest absolute Gasteiger partial charge is 0.252 e. The molecule has 2 N–H and O–H groups in total. The summed E-state index contributed by atoms with van der Waals surface area (Å²) in [6.45, 7) is 4.50. The lowest BCUT2D eigenvalue weighted by atomic mass is 10.1. The van der Waals surface area contributed by atoms with Gasteiger partial charge < -0.3 is 10.4 Å². The van der Waals surface area contributed by atoms with Gasteiger partial charge in [-0.1, -0.05) is 30.9 Å². The molecule has 4 nitrogen and oxygen atoms in total. The second-order valence-corrected chi connectivity index (χ2v) is 5.12. The lowest BCUT2D eigenvalue weighted by molar-refractivity contribution is 0.0947. The molecule has 0 aromatic heterocycles. The molecule has 1 fully saturated rings. The van der Waals surface area contributed by atoms with E-state index in [4.69, 9.17) is 5.11 Å². The standard InChI is InChI=1S/C17H22N2O2/c1-2-19(15-9-10-15)12-11-18-17(21)16-8-4-3-6-14(16)7-5-13-20/h3-4,6,8,15,20H,2,9-13H2,1H3,(H,18,21). The monoisotopic (exact) mass is 286 g/mol. The Balaban J connectivity index is 1.90. The lowest BCUT2D eigenvalue weighted by Gasteiger charge is -2.19. The van der Waals surface area contributed by atoms with E-state index < -0.39 is 0 Å². The van der Waals surface area contributed by atoms with Gasteiger partial charge in [-0.25, -0.2) is 0 Å². The summed E-state index contributed by atoms with van der Waals surface area (Å²) in [5.74, 6) is 5.29. The number of benzene rings is 1. The van der Waals surface area contributed by atoms with Crippen LogP contribution < -0.4 is 5.32 Å². The third-order valence-corrected chi connectivity index (χ3v) is 3.63. The molecule has 0 spiro atoms. The number of aliphatic hydroxyl groups is 1. The Morgan fingerprint density at radius 2 is 2.19 bits per heavy atom. The maximum Gasteiger partial charge on any atom is 0.252 e. The number of nitrogens with zero attached hydrogens (tertiary/aromatic N) is 1. The van der Waals surface area contributed by atoms with Crippen LogP contribution in [0.5, 0.6) is 0 Å². The number of likely N-dealkylation sites (N-methyl/N-ethyl adjacent to an activating group) is 1. The van der Waals surface area contributed by atoms with Crippen LogP contribution in [-0.4, -0.2) is 48.2 Å². The van der Waals surface area contributed by atoms with Crippen LogP contribution in [0.1, 0.15) is 35.7 Å². The molecule has 0 saturated heterocycles. The van der Waals surface area contributed by atoms with Crippen molar-refractivity contribution in [3.05, 3.63) is 35.4 Å². The van der Waals surface area contributed by atoms with Crippen LogP contribution in [0.3, 0.4) is 0 Å². The van der Waals surface area contributed by atoms with Gasteiger partial charge in [0.25, 0.3) is 5.91 Å². The van der Waals surface area contributed by atoms with E-state index in [-0.39, 0.29) is 12.5 Å². The van der Waals surface area contributed by atoms with Crippen LogP contribution >= 0.6 is 0 Å². The number of nitrogens with one attached hydrogen (secondary N) is 1. The van der Waals surface area contributed by atoms with Crippen LogP contribution in [0.25, 0.3) is 0 Å². The van der Waals surface area contributed by atoms with E-state index in [2.05, 4.69) is 29.0 Å². The van der Waals surface area contributed by atoms with Gasteiger partial charge in [-0.2, -0.15) is 0 Å². The number of aliphatic hydroxyl groups excluding tert-OH is 1. The van der Waals surface area contributed by atoms with Crippen LogP contribution in [0, 0.1) is 11.8 Å². The molecule has 21 heavy (non-hydrogen) atoms. The normalized spacial score (nSPS) is 13.7. The Labute approximate surface area is 126 Å². The summed E-state index contributed by atoms with van der Waals surface area (Å²) >= 11 is 0. The molecule has 1 amide bonds. The first-order chi connectivity index (χ1) is 10.3. The molecular weight excluding hydrogens is 264 g/mol. The summed E-state index contributed by atoms with van der Waals surface area (Å²) in [5, 5.41) is 11.7. The highest BCUT2D eigenvalue weighted by molar-refractivity contribution is 5.96. The molecule has 2 rings (SSSR count). The summed E-state index contributed by atoms with van der Waals surface area (Å²) in [6, 6.07) is 7.93. The van der Waals surface area contributed by atoms with Gasteiger partial charge in [0.15, 0.2) is 0 Å². The maximum atomic E-state index is 12.2. The van der Waals surface area contributed by atoms with Crippen molar-refractivity contribution in [3.63, 3.8) is 0 Å². The third-order valence-electron chi connectivity index (χ3n) is 3.63. The van der Waals surface area contributed by atoms with Gasteiger partial charge in [0, 0.05) is 24.7 Å². The predicted octanol–water partition coefficient (Wildman–Crippen LogP) is 1.24. The number of rotatable bonds is 6. The van der Waals surface area contributed by atoms with E-state index in [1.54, 1.807) is 12.1 Å². The predicted molar refractivity (Wildman–Crippen MR) is 83.0 cm³/mol. The molecular formula is C17H22N2O2. The molecule has 0 heterocycles. The first kappa shape index (κ1) is 15.6. The van der Waals surface area contributed by atoms with Crippen molar-refractivity contribution < 1.29 is 9.90 Å². The zero-order chi connectivity index (χ0) is 15.1. The summed E-state index contributed by atoms with van der Waals surface area (Å²) in [6.07, 6.45) is 2.56. The maximum absolute atomic E-state index is 12.2. The summed E-state index contributed by atoms with van der Waals surface area (Å²) < 4.78 is 0. The average molecular weight is 286 g/mol. The molecule has 4 heteroatoms. The fourth-order valence-electron chi connectivity index (χ4n) is 2.37. The molecule has 1 aliphatic rings. The first-order valence-corrected chi connectivity index (χ1v) is 7.47. The molecule has 1 aromatic rings. The highest BCUT2D eigenvalue weighted by atomic mass is 16.2. The van der Waals surface area contributed by atoms with Crippen LogP contribution in [0.2, 0.25) is 0 Å². The van der Waals surface area contributed by atoms with Crippen LogP contribution in [0.4, 0.5) is 0 Å². The molecule has 0 radical (unpaired) electrons. The minimum absolute atomic E-state index is 0.107. The fourth-order valence-corrected chi connectivity index (χ4v) is 2.37. The second-order valence-electron chi connectivity index (χ2n) is 5.12. The van der Waals surface area contributed by atoms with Crippen molar-refractivity contribution in [3.8, 4) is 11.8 Å². The molecule has 1 saturated carbocycles. The zero-order valence-electron chi connectivity index (χ0n) is 12.4. The highest BCUT2D eigenvalue weighted by Crippen LogP contribution is 2.25. The zero-order valence-corrected chi connectivity index (χ0v) is 12.4. The van der Waals surface area contributed by atoms with Gasteiger partial charge in [0.05, 0.1) is 5.56 Å². The Morgan fingerprint density at radius 1 is 1.43 bits per heavy atom. The van der Waals surface area contributed by atoms with Gasteiger partial charge in [-0.3, -0.25) is 9.69 Å².